The fraction of sp³-hybridized carbons (Fsp3) is 0.562. The molecule has 118 valence electrons. The van der Waals surface area contributed by atoms with Gasteiger partial charge in [-0.25, -0.2) is 0 Å². The highest BCUT2D eigenvalue weighted by atomic mass is 16.5. The maximum Gasteiger partial charge on any atom is 0.191 e. The molecule has 0 spiro atoms. The second kappa shape index (κ2) is 10.0. The zero-order valence-electron chi connectivity index (χ0n) is 13.5. The summed E-state index contributed by atoms with van der Waals surface area (Å²) in [6.45, 7) is 7.10. The number of benzene rings is 1. The molecule has 0 heterocycles. The minimum atomic E-state index is 0.545. The van der Waals surface area contributed by atoms with E-state index in [0.29, 0.717) is 25.7 Å². The lowest BCUT2D eigenvalue weighted by Gasteiger charge is -2.14. The van der Waals surface area contributed by atoms with Gasteiger partial charge in [0.25, 0.3) is 0 Å². The van der Waals surface area contributed by atoms with Crippen LogP contribution in [0.15, 0.2) is 29.3 Å². The SMILES string of the molecule is CN=C(NCCOCc1ccccc1OC)NCC(C)C. The minimum absolute atomic E-state index is 0.545. The molecule has 1 rings (SSSR count). The summed E-state index contributed by atoms with van der Waals surface area (Å²) in [6.07, 6.45) is 0. The van der Waals surface area contributed by atoms with Crippen molar-refractivity contribution < 1.29 is 9.47 Å². The first-order valence-corrected chi connectivity index (χ1v) is 7.31. The Morgan fingerprint density at radius 3 is 2.67 bits per heavy atom. The number of aliphatic imine (C=N–C) groups is 1. The van der Waals surface area contributed by atoms with Crippen molar-refractivity contribution in [1.82, 2.24) is 10.6 Å². The summed E-state index contributed by atoms with van der Waals surface area (Å²) in [6, 6.07) is 7.88. The van der Waals surface area contributed by atoms with Crippen molar-refractivity contribution in [2.24, 2.45) is 10.9 Å². The minimum Gasteiger partial charge on any atom is -0.496 e. The lowest BCUT2D eigenvalue weighted by molar-refractivity contribution is 0.123. The van der Waals surface area contributed by atoms with Gasteiger partial charge in [0, 0.05) is 25.7 Å². The average molecular weight is 293 g/mol. The van der Waals surface area contributed by atoms with Crippen LogP contribution in [0, 0.1) is 5.92 Å². The van der Waals surface area contributed by atoms with Gasteiger partial charge < -0.3 is 20.1 Å². The maximum atomic E-state index is 5.66. The Kier molecular flexibility index (Phi) is 8.28. The lowest BCUT2D eigenvalue weighted by Crippen LogP contribution is -2.40. The molecule has 1 aromatic carbocycles. The molecule has 0 amide bonds. The van der Waals surface area contributed by atoms with E-state index in [9.17, 15) is 0 Å². The second-order valence-corrected chi connectivity index (χ2v) is 5.14. The van der Waals surface area contributed by atoms with Gasteiger partial charge in [-0.05, 0) is 12.0 Å². The first-order chi connectivity index (χ1) is 10.2. The molecule has 5 nitrogen and oxygen atoms in total. The number of nitrogens with one attached hydrogen (secondary N) is 2. The lowest BCUT2D eigenvalue weighted by atomic mass is 10.2. The van der Waals surface area contributed by atoms with Gasteiger partial charge in [0.05, 0.1) is 20.3 Å². The van der Waals surface area contributed by atoms with Crippen molar-refractivity contribution in [3.63, 3.8) is 0 Å². The van der Waals surface area contributed by atoms with Crippen molar-refractivity contribution in [3.05, 3.63) is 29.8 Å². The number of nitrogens with zero attached hydrogens (tertiary/aromatic N) is 1. The molecule has 0 aliphatic heterocycles. The summed E-state index contributed by atoms with van der Waals surface area (Å²) < 4.78 is 10.9. The van der Waals surface area contributed by atoms with Crippen LogP contribution in [0.1, 0.15) is 19.4 Å². The van der Waals surface area contributed by atoms with E-state index in [4.69, 9.17) is 9.47 Å². The summed E-state index contributed by atoms with van der Waals surface area (Å²) in [5.74, 6) is 2.26. The summed E-state index contributed by atoms with van der Waals surface area (Å²) in [5.41, 5.74) is 1.06. The number of ether oxygens (including phenoxy) is 2. The van der Waals surface area contributed by atoms with Crippen LogP contribution in [0.3, 0.4) is 0 Å². The van der Waals surface area contributed by atoms with Gasteiger partial charge in [0.15, 0.2) is 5.96 Å². The number of hydrogen-bond donors (Lipinski definition) is 2. The van der Waals surface area contributed by atoms with Crippen molar-refractivity contribution in [3.8, 4) is 5.75 Å². The Hall–Kier alpha value is -1.75. The van der Waals surface area contributed by atoms with Gasteiger partial charge in [-0.15, -0.1) is 0 Å². The molecule has 0 aromatic heterocycles. The number of para-hydroxylation sites is 1. The number of hydrogen-bond acceptors (Lipinski definition) is 3. The second-order valence-electron chi connectivity index (χ2n) is 5.14. The Morgan fingerprint density at radius 1 is 1.24 bits per heavy atom. The molecule has 0 fully saturated rings. The quantitative estimate of drug-likeness (QED) is 0.437. The van der Waals surface area contributed by atoms with Crippen LogP contribution in [-0.4, -0.2) is 39.8 Å². The highest BCUT2D eigenvalue weighted by Crippen LogP contribution is 2.17. The summed E-state index contributed by atoms with van der Waals surface area (Å²) in [5, 5.41) is 6.48. The third-order valence-electron chi connectivity index (χ3n) is 2.89. The van der Waals surface area contributed by atoms with Crippen LogP contribution in [0.2, 0.25) is 0 Å². The standard InChI is InChI=1S/C16H27N3O2/c1-13(2)11-19-16(17-3)18-9-10-21-12-14-7-5-6-8-15(14)20-4/h5-8,13H,9-12H2,1-4H3,(H2,17,18,19). The molecule has 5 heteroatoms. The molecule has 2 N–H and O–H groups in total. The molecule has 0 aliphatic carbocycles. The maximum absolute atomic E-state index is 5.66. The van der Waals surface area contributed by atoms with Crippen LogP contribution >= 0.6 is 0 Å². The number of guanidine groups is 1. The van der Waals surface area contributed by atoms with Crippen LogP contribution in [0.25, 0.3) is 0 Å². The Bertz CT molecular complexity index is 433. The molecule has 0 atom stereocenters. The van der Waals surface area contributed by atoms with Gasteiger partial charge in [-0.1, -0.05) is 32.0 Å². The molecular formula is C16H27N3O2. The van der Waals surface area contributed by atoms with E-state index in [-0.39, 0.29) is 0 Å². The first-order valence-electron chi connectivity index (χ1n) is 7.31. The normalized spacial score (nSPS) is 11.6. The van der Waals surface area contributed by atoms with Crippen LogP contribution in [0.4, 0.5) is 0 Å². The fourth-order valence-electron chi connectivity index (χ4n) is 1.77. The van der Waals surface area contributed by atoms with E-state index in [2.05, 4.69) is 29.5 Å². The highest BCUT2D eigenvalue weighted by molar-refractivity contribution is 5.79. The molecule has 0 radical (unpaired) electrons. The molecular weight excluding hydrogens is 266 g/mol. The summed E-state index contributed by atoms with van der Waals surface area (Å²) in [4.78, 5) is 4.16. The topological polar surface area (TPSA) is 54.9 Å². The van der Waals surface area contributed by atoms with Crippen molar-refractivity contribution in [1.29, 1.82) is 0 Å². The van der Waals surface area contributed by atoms with Gasteiger partial charge in [0.2, 0.25) is 0 Å². The molecule has 21 heavy (non-hydrogen) atoms. The predicted molar refractivity (Wildman–Crippen MR) is 86.9 cm³/mol. The fourth-order valence-corrected chi connectivity index (χ4v) is 1.77. The van der Waals surface area contributed by atoms with Gasteiger partial charge in [-0.2, -0.15) is 0 Å². The van der Waals surface area contributed by atoms with Crippen molar-refractivity contribution in [2.75, 3.05) is 33.9 Å². The van der Waals surface area contributed by atoms with E-state index < -0.39 is 0 Å². The molecule has 0 aliphatic rings. The van der Waals surface area contributed by atoms with Crippen LogP contribution < -0.4 is 15.4 Å². The molecule has 0 saturated heterocycles. The van der Waals surface area contributed by atoms with Gasteiger partial charge in [0.1, 0.15) is 5.75 Å². The largest absolute Gasteiger partial charge is 0.496 e. The monoisotopic (exact) mass is 293 g/mol. The molecule has 0 unspecified atom stereocenters. The molecule has 0 saturated carbocycles. The molecule has 0 bridgehead atoms. The summed E-state index contributed by atoms with van der Waals surface area (Å²) in [7, 11) is 3.44. The van der Waals surface area contributed by atoms with Gasteiger partial charge in [-0.3, -0.25) is 4.99 Å². The van der Waals surface area contributed by atoms with E-state index in [1.807, 2.05) is 24.3 Å². The number of rotatable bonds is 8. The summed E-state index contributed by atoms with van der Waals surface area (Å²) >= 11 is 0. The Balaban J connectivity index is 2.22. The van der Waals surface area contributed by atoms with Crippen molar-refractivity contribution in [2.45, 2.75) is 20.5 Å². The average Bonchev–Trinajstić information content (AvgIpc) is 2.50. The highest BCUT2D eigenvalue weighted by Gasteiger charge is 2.02. The Morgan fingerprint density at radius 2 is 2.00 bits per heavy atom. The van der Waals surface area contributed by atoms with Crippen LogP contribution in [0.5, 0.6) is 5.75 Å². The van der Waals surface area contributed by atoms with Gasteiger partial charge >= 0.3 is 0 Å². The Labute approximate surface area is 127 Å². The van der Waals surface area contributed by atoms with E-state index in [1.165, 1.54) is 0 Å². The number of methoxy groups -OCH3 is 1. The third-order valence-corrected chi connectivity index (χ3v) is 2.89. The predicted octanol–water partition coefficient (Wildman–Crippen LogP) is 2.03. The molecule has 1 aromatic rings. The van der Waals surface area contributed by atoms with Crippen molar-refractivity contribution >= 4 is 5.96 Å². The van der Waals surface area contributed by atoms with Crippen LogP contribution in [-0.2, 0) is 11.3 Å². The van der Waals surface area contributed by atoms with E-state index in [1.54, 1.807) is 14.2 Å². The van der Waals surface area contributed by atoms with E-state index >= 15 is 0 Å². The smallest absolute Gasteiger partial charge is 0.191 e. The third kappa shape index (κ3) is 6.99. The zero-order valence-corrected chi connectivity index (χ0v) is 13.5. The first kappa shape index (κ1) is 17.3. The zero-order chi connectivity index (χ0) is 15.5. The van der Waals surface area contributed by atoms with E-state index in [0.717, 1.165) is 23.8 Å².